The van der Waals surface area contributed by atoms with Crippen molar-refractivity contribution in [1.29, 1.82) is 5.26 Å². The first kappa shape index (κ1) is 11.6. The smallest absolute Gasteiger partial charge is 0.142 e. The van der Waals surface area contributed by atoms with Gasteiger partial charge in [0.25, 0.3) is 0 Å². The Morgan fingerprint density at radius 1 is 1.24 bits per heavy atom. The van der Waals surface area contributed by atoms with Crippen molar-refractivity contribution in [2.45, 2.75) is 6.92 Å². The quantitative estimate of drug-likeness (QED) is 0.915. The fraction of sp³-hybridized carbons (Fsp3) is 0.0769. The van der Waals surface area contributed by atoms with Gasteiger partial charge in [0, 0.05) is 10.2 Å². The van der Waals surface area contributed by atoms with Crippen molar-refractivity contribution in [2.75, 3.05) is 5.32 Å². The minimum atomic E-state index is 0.405. The van der Waals surface area contributed by atoms with Crippen LogP contribution in [0.1, 0.15) is 11.3 Å². The zero-order valence-electron chi connectivity index (χ0n) is 9.24. The average Bonchev–Trinajstić information content (AvgIpc) is 2.35. The summed E-state index contributed by atoms with van der Waals surface area (Å²) in [6.45, 7) is 2.01. The summed E-state index contributed by atoms with van der Waals surface area (Å²) in [5.74, 6) is 0.672. The standard InChI is InChI=1S/C13H10BrN3/c1-9-11(14)5-3-6-12(9)17-13-7-2-4-10(8-15)16-13/h2-7H,1H3,(H,16,17). The predicted molar refractivity (Wildman–Crippen MR) is 71.1 cm³/mol. The third-order valence-electron chi connectivity index (χ3n) is 2.39. The highest BCUT2D eigenvalue weighted by molar-refractivity contribution is 9.10. The minimum Gasteiger partial charge on any atom is -0.340 e. The van der Waals surface area contributed by atoms with Crippen LogP contribution in [0.4, 0.5) is 11.5 Å². The van der Waals surface area contributed by atoms with Crippen LogP contribution in [0.2, 0.25) is 0 Å². The number of anilines is 2. The third kappa shape index (κ3) is 2.63. The molecular weight excluding hydrogens is 278 g/mol. The van der Waals surface area contributed by atoms with Crippen molar-refractivity contribution >= 4 is 27.4 Å². The number of aromatic nitrogens is 1. The van der Waals surface area contributed by atoms with Crippen molar-refractivity contribution in [2.24, 2.45) is 0 Å². The Balaban J connectivity index is 2.32. The number of rotatable bonds is 2. The van der Waals surface area contributed by atoms with Crippen LogP contribution in [0.3, 0.4) is 0 Å². The highest BCUT2D eigenvalue weighted by Gasteiger charge is 2.03. The number of nitrogens with zero attached hydrogens (tertiary/aromatic N) is 2. The van der Waals surface area contributed by atoms with Gasteiger partial charge in [0.1, 0.15) is 17.6 Å². The number of pyridine rings is 1. The number of nitrogens with one attached hydrogen (secondary N) is 1. The van der Waals surface area contributed by atoms with Gasteiger partial charge in [-0.1, -0.05) is 28.1 Å². The summed E-state index contributed by atoms with van der Waals surface area (Å²) >= 11 is 3.47. The molecule has 1 aromatic carbocycles. The summed E-state index contributed by atoms with van der Waals surface area (Å²) in [6.07, 6.45) is 0. The zero-order chi connectivity index (χ0) is 12.3. The lowest BCUT2D eigenvalue weighted by Crippen LogP contribution is -1.97. The lowest BCUT2D eigenvalue weighted by atomic mass is 10.2. The van der Waals surface area contributed by atoms with E-state index in [4.69, 9.17) is 5.26 Å². The van der Waals surface area contributed by atoms with Gasteiger partial charge in [-0.05, 0) is 36.8 Å². The van der Waals surface area contributed by atoms with Crippen LogP contribution in [0.15, 0.2) is 40.9 Å². The number of hydrogen-bond donors (Lipinski definition) is 1. The number of halogens is 1. The molecule has 0 saturated carbocycles. The summed E-state index contributed by atoms with van der Waals surface area (Å²) in [6, 6.07) is 13.3. The van der Waals surface area contributed by atoms with Gasteiger partial charge in [0.15, 0.2) is 0 Å². The Labute approximate surface area is 108 Å². The van der Waals surface area contributed by atoms with Gasteiger partial charge in [0.2, 0.25) is 0 Å². The molecule has 1 N–H and O–H groups in total. The second-order valence-corrected chi connectivity index (χ2v) is 4.41. The Morgan fingerprint density at radius 3 is 2.76 bits per heavy atom. The average molecular weight is 288 g/mol. The van der Waals surface area contributed by atoms with E-state index in [0.29, 0.717) is 11.5 Å². The lowest BCUT2D eigenvalue weighted by Gasteiger charge is -2.09. The van der Waals surface area contributed by atoms with E-state index >= 15 is 0 Å². The van der Waals surface area contributed by atoms with Crippen molar-refractivity contribution in [3.05, 3.63) is 52.1 Å². The first-order chi connectivity index (χ1) is 8.20. The summed E-state index contributed by atoms with van der Waals surface area (Å²) in [5.41, 5.74) is 2.49. The van der Waals surface area contributed by atoms with Crippen LogP contribution in [-0.4, -0.2) is 4.98 Å². The molecule has 17 heavy (non-hydrogen) atoms. The molecule has 0 aliphatic heterocycles. The van der Waals surface area contributed by atoms with E-state index in [1.165, 1.54) is 0 Å². The van der Waals surface area contributed by atoms with Gasteiger partial charge in [-0.25, -0.2) is 4.98 Å². The summed E-state index contributed by atoms with van der Waals surface area (Å²) in [7, 11) is 0. The molecule has 2 aromatic rings. The monoisotopic (exact) mass is 287 g/mol. The van der Waals surface area contributed by atoms with Gasteiger partial charge in [-0.2, -0.15) is 5.26 Å². The molecule has 0 atom stereocenters. The van der Waals surface area contributed by atoms with Crippen LogP contribution in [0, 0.1) is 18.3 Å². The fourth-order valence-corrected chi connectivity index (χ4v) is 1.81. The Morgan fingerprint density at radius 2 is 2.00 bits per heavy atom. The zero-order valence-corrected chi connectivity index (χ0v) is 10.8. The molecule has 3 nitrogen and oxygen atoms in total. The van der Waals surface area contributed by atoms with Gasteiger partial charge >= 0.3 is 0 Å². The predicted octanol–water partition coefficient (Wildman–Crippen LogP) is 3.77. The third-order valence-corrected chi connectivity index (χ3v) is 3.25. The molecule has 0 radical (unpaired) electrons. The van der Waals surface area contributed by atoms with Crippen molar-refractivity contribution < 1.29 is 0 Å². The Kier molecular flexibility index (Phi) is 3.40. The molecule has 0 saturated heterocycles. The van der Waals surface area contributed by atoms with E-state index in [0.717, 1.165) is 15.7 Å². The van der Waals surface area contributed by atoms with Crippen LogP contribution in [0.5, 0.6) is 0 Å². The molecule has 0 bridgehead atoms. The molecular formula is C13H10BrN3. The number of benzene rings is 1. The largest absolute Gasteiger partial charge is 0.340 e. The topological polar surface area (TPSA) is 48.7 Å². The number of nitriles is 1. The highest BCUT2D eigenvalue weighted by atomic mass is 79.9. The molecule has 2 rings (SSSR count). The molecule has 4 heteroatoms. The van der Waals surface area contributed by atoms with E-state index in [9.17, 15) is 0 Å². The Hall–Kier alpha value is -1.86. The van der Waals surface area contributed by atoms with Crippen molar-refractivity contribution in [3.63, 3.8) is 0 Å². The molecule has 0 fully saturated rings. The lowest BCUT2D eigenvalue weighted by molar-refractivity contribution is 1.25. The first-order valence-electron chi connectivity index (χ1n) is 5.10. The van der Waals surface area contributed by atoms with Crippen LogP contribution < -0.4 is 5.32 Å². The SMILES string of the molecule is Cc1c(Br)cccc1Nc1cccc(C#N)n1. The summed E-state index contributed by atoms with van der Waals surface area (Å²) in [5, 5.41) is 12.0. The van der Waals surface area contributed by atoms with Crippen LogP contribution in [0.25, 0.3) is 0 Å². The second kappa shape index (κ2) is 4.98. The molecule has 0 unspecified atom stereocenters. The Bertz CT molecular complexity index is 587. The molecule has 0 amide bonds. The summed E-state index contributed by atoms with van der Waals surface area (Å²) < 4.78 is 1.04. The molecule has 0 aliphatic carbocycles. The van der Waals surface area contributed by atoms with Crippen molar-refractivity contribution in [1.82, 2.24) is 4.98 Å². The molecule has 1 heterocycles. The minimum absolute atomic E-state index is 0.405. The molecule has 1 aromatic heterocycles. The van der Waals surface area contributed by atoms with Crippen LogP contribution in [-0.2, 0) is 0 Å². The van der Waals surface area contributed by atoms with Crippen LogP contribution >= 0.6 is 15.9 Å². The maximum absolute atomic E-state index is 8.78. The molecule has 84 valence electrons. The van der Waals surface area contributed by atoms with Gasteiger partial charge in [-0.3, -0.25) is 0 Å². The highest BCUT2D eigenvalue weighted by Crippen LogP contribution is 2.25. The first-order valence-corrected chi connectivity index (χ1v) is 5.89. The van der Waals surface area contributed by atoms with Gasteiger partial charge in [0.05, 0.1) is 0 Å². The molecule has 0 aliphatic rings. The molecule has 0 spiro atoms. The van der Waals surface area contributed by atoms with E-state index in [2.05, 4.69) is 26.2 Å². The van der Waals surface area contributed by atoms with Gasteiger partial charge in [-0.15, -0.1) is 0 Å². The van der Waals surface area contributed by atoms with E-state index in [-0.39, 0.29) is 0 Å². The van der Waals surface area contributed by atoms with E-state index in [1.807, 2.05) is 37.3 Å². The van der Waals surface area contributed by atoms with E-state index in [1.54, 1.807) is 12.1 Å². The summed E-state index contributed by atoms with van der Waals surface area (Å²) in [4.78, 5) is 4.17. The van der Waals surface area contributed by atoms with Crippen molar-refractivity contribution in [3.8, 4) is 6.07 Å². The number of hydrogen-bond acceptors (Lipinski definition) is 3. The van der Waals surface area contributed by atoms with E-state index < -0.39 is 0 Å². The maximum atomic E-state index is 8.78. The second-order valence-electron chi connectivity index (χ2n) is 3.56. The fourth-order valence-electron chi connectivity index (χ4n) is 1.45. The van der Waals surface area contributed by atoms with Gasteiger partial charge < -0.3 is 5.32 Å². The maximum Gasteiger partial charge on any atom is 0.142 e. The normalized spacial score (nSPS) is 9.71.